The van der Waals surface area contributed by atoms with Crippen LogP contribution >= 0.6 is 11.3 Å². The molecular weight excluding hydrogens is 256 g/mol. The molecule has 0 atom stereocenters. The molecule has 3 nitrogen and oxygen atoms in total. The zero-order valence-electron chi connectivity index (χ0n) is 11.1. The number of hydrogen-bond donors (Lipinski definition) is 1. The zero-order chi connectivity index (χ0) is 13.2. The van der Waals surface area contributed by atoms with Gasteiger partial charge in [-0.3, -0.25) is 4.79 Å². The van der Waals surface area contributed by atoms with E-state index >= 15 is 0 Å². The predicted molar refractivity (Wildman–Crippen MR) is 79.6 cm³/mol. The molecule has 1 aromatic heterocycles. The molecule has 0 radical (unpaired) electrons. The Bertz CT molecular complexity index is 599. The summed E-state index contributed by atoms with van der Waals surface area (Å²) in [4.78, 5) is 16.4. The van der Waals surface area contributed by atoms with Crippen LogP contribution in [0.3, 0.4) is 0 Å². The molecule has 1 fully saturated rings. The van der Waals surface area contributed by atoms with E-state index in [1.807, 2.05) is 12.1 Å². The van der Waals surface area contributed by atoms with Crippen LogP contribution in [0, 0.1) is 12.8 Å². The topological polar surface area (TPSA) is 42.0 Å². The van der Waals surface area contributed by atoms with Crippen LogP contribution in [0.25, 0.3) is 10.2 Å². The Morgan fingerprint density at radius 1 is 1.42 bits per heavy atom. The van der Waals surface area contributed by atoms with Crippen molar-refractivity contribution in [3.05, 3.63) is 23.8 Å². The number of hydrogen-bond acceptors (Lipinski definition) is 3. The summed E-state index contributed by atoms with van der Waals surface area (Å²) in [6.45, 7) is 2.07. The molecule has 0 aliphatic heterocycles. The van der Waals surface area contributed by atoms with E-state index in [2.05, 4.69) is 23.3 Å². The van der Waals surface area contributed by atoms with Gasteiger partial charge in [0.2, 0.25) is 5.91 Å². The maximum absolute atomic E-state index is 12.0. The number of amides is 1. The van der Waals surface area contributed by atoms with Gasteiger partial charge in [-0.15, -0.1) is 0 Å². The number of benzene rings is 1. The number of fused-ring (bicyclic) bond motifs is 1. The third kappa shape index (κ3) is 2.95. The second kappa shape index (κ2) is 5.29. The average molecular weight is 274 g/mol. The monoisotopic (exact) mass is 274 g/mol. The van der Waals surface area contributed by atoms with Crippen LogP contribution in [0.2, 0.25) is 0 Å². The van der Waals surface area contributed by atoms with Crippen molar-refractivity contribution in [2.45, 2.75) is 39.0 Å². The number of carbonyl (C=O) groups is 1. The van der Waals surface area contributed by atoms with Crippen LogP contribution in [0.15, 0.2) is 18.2 Å². The lowest BCUT2D eigenvalue weighted by atomic mass is 10.0. The minimum absolute atomic E-state index is 0.114. The minimum Gasteiger partial charge on any atom is -0.302 e. The fourth-order valence-electron chi connectivity index (χ4n) is 2.73. The van der Waals surface area contributed by atoms with E-state index in [0.29, 0.717) is 12.3 Å². The molecule has 1 heterocycles. The van der Waals surface area contributed by atoms with Crippen LogP contribution in [0.1, 0.15) is 37.7 Å². The summed E-state index contributed by atoms with van der Waals surface area (Å²) in [5.74, 6) is 0.694. The van der Waals surface area contributed by atoms with E-state index in [1.54, 1.807) is 11.3 Å². The Morgan fingerprint density at radius 3 is 3.00 bits per heavy atom. The second-order valence-electron chi connectivity index (χ2n) is 5.39. The van der Waals surface area contributed by atoms with Crippen LogP contribution in [-0.4, -0.2) is 10.9 Å². The summed E-state index contributed by atoms with van der Waals surface area (Å²) in [6.07, 6.45) is 5.60. The highest BCUT2D eigenvalue weighted by atomic mass is 32.1. The van der Waals surface area contributed by atoms with Gasteiger partial charge in [0, 0.05) is 6.42 Å². The average Bonchev–Trinajstić information content (AvgIpc) is 2.97. The number of carbonyl (C=O) groups excluding carboxylic acids is 1. The van der Waals surface area contributed by atoms with Gasteiger partial charge in [-0.05, 0) is 43.4 Å². The highest BCUT2D eigenvalue weighted by Crippen LogP contribution is 2.29. The molecule has 0 bridgehead atoms. The molecule has 1 aliphatic rings. The Labute approximate surface area is 117 Å². The van der Waals surface area contributed by atoms with Crippen LogP contribution in [-0.2, 0) is 4.79 Å². The highest BCUT2D eigenvalue weighted by molar-refractivity contribution is 7.22. The number of aryl methyl sites for hydroxylation is 1. The molecule has 1 saturated carbocycles. The van der Waals surface area contributed by atoms with E-state index in [9.17, 15) is 4.79 Å². The SMILES string of the molecule is Cc1ccc2nc(NC(=O)CC3CCCC3)sc2c1. The number of thiazole rings is 1. The summed E-state index contributed by atoms with van der Waals surface area (Å²) in [5, 5.41) is 3.67. The van der Waals surface area contributed by atoms with Crippen molar-refractivity contribution in [3.8, 4) is 0 Å². The lowest BCUT2D eigenvalue weighted by Crippen LogP contribution is -2.14. The van der Waals surface area contributed by atoms with Crippen molar-refractivity contribution in [2.75, 3.05) is 5.32 Å². The van der Waals surface area contributed by atoms with Gasteiger partial charge < -0.3 is 5.32 Å². The van der Waals surface area contributed by atoms with E-state index < -0.39 is 0 Å². The zero-order valence-corrected chi connectivity index (χ0v) is 11.9. The quantitative estimate of drug-likeness (QED) is 0.914. The lowest BCUT2D eigenvalue weighted by Gasteiger charge is -2.07. The first-order valence-corrected chi connectivity index (χ1v) is 7.69. The molecule has 19 heavy (non-hydrogen) atoms. The first-order chi connectivity index (χ1) is 9.20. The molecule has 1 aliphatic carbocycles. The standard InChI is InChI=1S/C15H18N2OS/c1-10-6-7-12-13(8-10)19-15(16-12)17-14(18)9-11-4-2-3-5-11/h6-8,11H,2-5,9H2,1H3,(H,16,17,18). The molecule has 1 N–H and O–H groups in total. The Hall–Kier alpha value is -1.42. The molecule has 0 unspecified atom stereocenters. The number of anilines is 1. The molecule has 2 aromatic rings. The Balaban J connectivity index is 1.68. The van der Waals surface area contributed by atoms with E-state index in [0.717, 1.165) is 15.3 Å². The largest absolute Gasteiger partial charge is 0.302 e. The summed E-state index contributed by atoms with van der Waals surface area (Å²) >= 11 is 1.55. The van der Waals surface area contributed by atoms with Crippen LogP contribution in [0.4, 0.5) is 5.13 Å². The third-order valence-corrected chi connectivity index (χ3v) is 4.67. The van der Waals surface area contributed by atoms with Gasteiger partial charge in [0.25, 0.3) is 0 Å². The van der Waals surface area contributed by atoms with Crippen molar-refractivity contribution in [3.63, 3.8) is 0 Å². The molecule has 100 valence electrons. The van der Waals surface area contributed by atoms with Gasteiger partial charge in [0.05, 0.1) is 10.2 Å². The number of nitrogens with one attached hydrogen (secondary N) is 1. The first kappa shape index (κ1) is 12.6. The summed E-state index contributed by atoms with van der Waals surface area (Å²) in [6, 6.07) is 6.17. The summed E-state index contributed by atoms with van der Waals surface area (Å²) in [7, 11) is 0. The minimum atomic E-state index is 0.114. The normalized spacial score (nSPS) is 16.1. The van der Waals surface area contributed by atoms with Gasteiger partial charge in [-0.25, -0.2) is 4.98 Å². The van der Waals surface area contributed by atoms with Gasteiger partial charge in [-0.2, -0.15) is 0 Å². The third-order valence-electron chi connectivity index (χ3n) is 3.74. The number of nitrogens with zero attached hydrogens (tertiary/aromatic N) is 1. The molecular formula is C15H18N2OS. The summed E-state index contributed by atoms with van der Waals surface area (Å²) in [5.41, 5.74) is 2.19. The van der Waals surface area contributed by atoms with Crippen molar-refractivity contribution in [2.24, 2.45) is 5.92 Å². The second-order valence-corrected chi connectivity index (χ2v) is 6.42. The Morgan fingerprint density at radius 2 is 2.21 bits per heavy atom. The lowest BCUT2D eigenvalue weighted by molar-refractivity contribution is -0.117. The van der Waals surface area contributed by atoms with Gasteiger partial charge in [0.15, 0.2) is 5.13 Å². The van der Waals surface area contributed by atoms with Crippen molar-refractivity contribution in [1.82, 2.24) is 4.98 Å². The van der Waals surface area contributed by atoms with Gasteiger partial charge in [-0.1, -0.05) is 30.2 Å². The van der Waals surface area contributed by atoms with E-state index in [1.165, 1.54) is 31.2 Å². The van der Waals surface area contributed by atoms with Gasteiger partial charge >= 0.3 is 0 Å². The fraction of sp³-hybridized carbons (Fsp3) is 0.467. The Kier molecular flexibility index (Phi) is 3.51. The molecule has 3 rings (SSSR count). The van der Waals surface area contributed by atoms with Crippen molar-refractivity contribution >= 4 is 32.6 Å². The number of aromatic nitrogens is 1. The maximum Gasteiger partial charge on any atom is 0.226 e. The summed E-state index contributed by atoms with van der Waals surface area (Å²) < 4.78 is 1.14. The van der Waals surface area contributed by atoms with Crippen molar-refractivity contribution in [1.29, 1.82) is 0 Å². The van der Waals surface area contributed by atoms with E-state index in [4.69, 9.17) is 0 Å². The highest BCUT2D eigenvalue weighted by Gasteiger charge is 2.19. The van der Waals surface area contributed by atoms with Gasteiger partial charge in [0.1, 0.15) is 0 Å². The molecule has 1 amide bonds. The van der Waals surface area contributed by atoms with Crippen molar-refractivity contribution < 1.29 is 4.79 Å². The van der Waals surface area contributed by atoms with Crippen LogP contribution in [0.5, 0.6) is 0 Å². The molecule has 0 saturated heterocycles. The molecule has 4 heteroatoms. The molecule has 1 aromatic carbocycles. The van der Waals surface area contributed by atoms with Crippen LogP contribution < -0.4 is 5.32 Å². The smallest absolute Gasteiger partial charge is 0.226 e. The fourth-order valence-corrected chi connectivity index (χ4v) is 3.71. The molecule has 0 spiro atoms. The predicted octanol–water partition coefficient (Wildman–Crippen LogP) is 4.12. The maximum atomic E-state index is 12.0. The number of rotatable bonds is 3. The first-order valence-electron chi connectivity index (χ1n) is 6.88. The van der Waals surface area contributed by atoms with E-state index in [-0.39, 0.29) is 5.91 Å².